The van der Waals surface area contributed by atoms with Gasteiger partial charge in [-0.1, -0.05) is 47.7 Å². The van der Waals surface area contributed by atoms with Crippen LogP contribution < -0.4 is 29.1 Å². The van der Waals surface area contributed by atoms with E-state index in [1.165, 1.54) is 22.5 Å². The number of nitrogens with zero attached hydrogens (tertiary/aromatic N) is 2. The predicted octanol–water partition coefficient (Wildman–Crippen LogP) is 5.11. The van der Waals surface area contributed by atoms with Gasteiger partial charge >= 0.3 is 0 Å². The number of methoxy groups -OCH3 is 3. The maximum absolute atomic E-state index is 14.0. The predicted molar refractivity (Wildman–Crippen MR) is 153 cm³/mol. The number of ether oxygens (including phenoxy) is 3. The first-order valence-corrected chi connectivity index (χ1v) is 13.8. The van der Waals surface area contributed by atoms with Gasteiger partial charge in [0, 0.05) is 5.56 Å². The van der Waals surface area contributed by atoms with Crippen LogP contribution in [0.15, 0.2) is 80.5 Å². The highest BCUT2D eigenvalue weighted by Gasteiger charge is 2.32. The molecule has 1 aliphatic heterocycles. The minimum Gasteiger partial charge on any atom is -0.497 e. The number of thiazole rings is 1. The molecule has 0 saturated carbocycles. The molecule has 2 aliphatic rings. The average Bonchev–Trinajstić information content (AvgIpc) is 3.25. The standard InChI is InChI=1S/C30H25BrN2O4S/c1-35-20-11-8-19(9-12-20)27-22-13-10-18-6-4-5-7-21(18)26(22)32-30-33(27)29(34)25(38-30)16-17-14-23(31)28(37-3)24(15-17)36-2/h4-9,11-12,14-16,27H,10,13H2,1-3H3. The van der Waals surface area contributed by atoms with Gasteiger partial charge in [-0.25, -0.2) is 4.99 Å². The van der Waals surface area contributed by atoms with E-state index in [0.717, 1.165) is 45.5 Å². The highest BCUT2D eigenvalue weighted by Crippen LogP contribution is 2.41. The van der Waals surface area contributed by atoms with Crippen LogP contribution in [-0.4, -0.2) is 25.9 Å². The van der Waals surface area contributed by atoms with Gasteiger partial charge in [0.05, 0.1) is 42.1 Å². The molecule has 192 valence electrons. The number of aryl methyl sites for hydroxylation is 1. The van der Waals surface area contributed by atoms with Crippen LogP contribution in [0.25, 0.3) is 11.8 Å². The van der Waals surface area contributed by atoms with E-state index in [0.29, 0.717) is 20.8 Å². The fourth-order valence-corrected chi connectivity index (χ4v) is 6.90. The van der Waals surface area contributed by atoms with E-state index < -0.39 is 0 Å². The van der Waals surface area contributed by atoms with Crippen molar-refractivity contribution in [1.82, 2.24) is 4.57 Å². The number of hydrogen-bond donors (Lipinski definition) is 0. The summed E-state index contributed by atoms with van der Waals surface area (Å²) in [5, 5.41) is 0. The average molecular weight is 590 g/mol. The lowest BCUT2D eigenvalue weighted by atomic mass is 9.83. The fraction of sp³-hybridized carbons (Fsp3) is 0.200. The summed E-state index contributed by atoms with van der Waals surface area (Å²) in [6, 6.07) is 20.0. The zero-order valence-electron chi connectivity index (χ0n) is 21.2. The zero-order valence-corrected chi connectivity index (χ0v) is 23.6. The summed E-state index contributed by atoms with van der Waals surface area (Å²) in [5.74, 6) is 1.98. The van der Waals surface area contributed by atoms with Crippen molar-refractivity contribution < 1.29 is 14.2 Å². The van der Waals surface area contributed by atoms with E-state index >= 15 is 0 Å². The van der Waals surface area contributed by atoms with Crippen LogP contribution in [0.1, 0.15) is 34.7 Å². The Balaban J connectivity index is 1.58. The Morgan fingerprint density at radius 3 is 2.53 bits per heavy atom. The lowest BCUT2D eigenvalue weighted by Gasteiger charge is -2.30. The molecule has 38 heavy (non-hydrogen) atoms. The lowest BCUT2D eigenvalue weighted by molar-refractivity contribution is 0.353. The van der Waals surface area contributed by atoms with Gasteiger partial charge in [-0.15, -0.1) is 0 Å². The van der Waals surface area contributed by atoms with Crippen molar-refractivity contribution in [2.24, 2.45) is 4.99 Å². The third kappa shape index (κ3) is 4.08. The van der Waals surface area contributed by atoms with Crippen LogP contribution in [0.2, 0.25) is 0 Å². The van der Waals surface area contributed by atoms with E-state index in [9.17, 15) is 4.79 Å². The number of fused-ring (bicyclic) bond motifs is 3. The molecule has 1 aromatic heterocycles. The van der Waals surface area contributed by atoms with Crippen LogP contribution in [0.5, 0.6) is 17.2 Å². The molecule has 0 N–H and O–H groups in total. The van der Waals surface area contributed by atoms with Gasteiger partial charge in [0.15, 0.2) is 16.3 Å². The SMILES string of the molecule is COc1ccc(C2C3=C(N=c4sc(=Cc5cc(Br)c(OC)c(OC)c5)c(=O)n42)c2ccccc2CC3)cc1. The lowest BCUT2D eigenvalue weighted by Crippen LogP contribution is -2.38. The highest BCUT2D eigenvalue weighted by atomic mass is 79.9. The number of benzene rings is 3. The summed E-state index contributed by atoms with van der Waals surface area (Å²) in [6.07, 6.45) is 3.65. The van der Waals surface area contributed by atoms with E-state index in [2.05, 4.69) is 40.2 Å². The maximum atomic E-state index is 14.0. The topological polar surface area (TPSA) is 62.0 Å². The number of aromatic nitrogens is 1. The minimum atomic E-state index is -0.236. The second kappa shape index (κ2) is 9.93. The summed E-state index contributed by atoms with van der Waals surface area (Å²) in [7, 11) is 4.85. The third-order valence-electron chi connectivity index (χ3n) is 7.06. The first-order valence-electron chi connectivity index (χ1n) is 12.2. The molecule has 8 heteroatoms. The van der Waals surface area contributed by atoms with Gasteiger partial charge in [-0.05, 0) is 81.4 Å². The van der Waals surface area contributed by atoms with Gasteiger partial charge in [0.25, 0.3) is 5.56 Å². The Hall–Kier alpha value is -3.62. The maximum Gasteiger partial charge on any atom is 0.271 e. The Morgan fingerprint density at radius 1 is 1.00 bits per heavy atom. The fourth-order valence-electron chi connectivity index (χ4n) is 5.28. The third-order valence-corrected chi connectivity index (χ3v) is 8.63. The molecule has 0 amide bonds. The number of hydrogen-bond acceptors (Lipinski definition) is 6. The zero-order chi connectivity index (χ0) is 26.4. The minimum absolute atomic E-state index is 0.0640. The largest absolute Gasteiger partial charge is 0.497 e. The molecule has 0 radical (unpaired) electrons. The van der Waals surface area contributed by atoms with Gasteiger partial charge in [0.2, 0.25) is 0 Å². The van der Waals surface area contributed by atoms with Crippen molar-refractivity contribution in [2.75, 3.05) is 21.3 Å². The van der Waals surface area contributed by atoms with E-state index in [1.807, 2.05) is 47.0 Å². The molecule has 0 fully saturated rings. The van der Waals surface area contributed by atoms with E-state index in [4.69, 9.17) is 19.2 Å². The molecule has 4 aromatic rings. The molecule has 3 aromatic carbocycles. The molecule has 2 heterocycles. The van der Waals surface area contributed by atoms with Gasteiger partial charge < -0.3 is 14.2 Å². The molecule has 1 aliphatic carbocycles. The molecule has 6 nitrogen and oxygen atoms in total. The van der Waals surface area contributed by atoms with Crippen molar-refractivity contribution in [3.05, 3.63) is 113 Å². The number of rotatable bonds is 5. The summed E-state index contributed by atoms with van der Waals surface area (Å²) >= 11 is 4.96. The molecule has 6 rings (SSSR count). The Kier molecular flexibility index (Phi) is 6.45. The second-order valence-corrected chi connectivity index (χ2v) is 11.0. The van der Waals surface area contributed by atoms with E-state index in [1.54, 1.807) is 21.3 Å². The van der Waals surface area contributed by atoms with Crippen LogP contribution in [0.4, 0.5) is 0 Å². The van der Waals surface area contributed by atoms with Crippen molar-refractivity contribution >= 4 is 39.0 Å². The Bertz CT molecular complexity index is 1770. The molecule has 1 unspecified atom stereocenters. The summed E-state index contributed by atoms with van der Waals surface area (Å²) in [5.41, 5.74) is 6.39. The monoisotopic (exact) mass is 588 g/mol. The molecule has 1 atom stereocenters. The highest BCUT2D eigenvalue weighted by molar-refractivity contribution is 9.10. The molecular formula is C30H25BrN2O4S. The van der Waals surface area contributed by atoms with Crippen LogP contribution in [0, 0.1) is 0 Å². The van der Waals surface area contributed by atoms with Gasteiger partial charge in [-0.2, -0.15) is 0 Å². The smallest absolute Gasteiger partial charge is 0.271 e. The first-order chi connectivity index (χ1) is 18.5. The number of allylic oxidation sites excluding steroid dienone is 1. The van der Waals surface area contributed by atoms with Crippen LogP contribution in [-0.2, 0) is 6.42 Å². The van der Waals surface area contributed by atoms with Crippen LogP contribution in [0.3, 0.4) is 0 Å². The number of halogens is 1. The quantitative estimate of drug-likeness (QED) is 0.325. The summed E-state index contributed by atoms with van der Waals surface area (Å²) in [4.78, 5) is 19.7. The Morgan fingerprint density at radius 2 is 1.79 bits per heavy atom. The summed E-state index contributed by atoms with van der Waals surface area (Å²) < 4.78 is 19.6. The van der Waals surface area contributed by atoms with Crippen molar-refractivity contribution in [3.63, 3.8) is 0 Å². The summed E-state index contributed by atoms with van der Waals surface area (Å²) in [6.45, 7) is 0. The Labute approximate surface area is 232 Å². The molecule has 0 spiro atoms. The molecule has 0 bridgehead atoms. The van der Waals surface area contributed by atoms with Crippen LogP contribution >= 0.6 is 27.3 Å². The van der Waals surface area contributed by atoms with Gasteiger partial charge in [-0.3, -0.25) is 9.36 Å². The molecular weight excluding hydrogens is 564 g/mol. The first kappa shape index (κ1) is 24.7. The van der Waals surface area contributed by atoms with E-state index in [-0.39, 0.29) is 11.6 Å². The van der Waals surface area contributed by atoms with Crippen molar-refractivity contribution in [3.8, 4) is 17.2 Å². The normalized spacial score (nSPS) is 16.3. The van der Waals surface area contributed by atoms with Crippen molar-refractivity contribution in [1.29, 1.82) is 0 Å². The van der Waals surface area contributed by atoms with Gasteiger partial charge in [0.1, 0.15) is 5.75 Å². The second-order valence-electron chi connectivity index (χ2n) is 9.13. The van der Waals surface area contributed by atoms with Crippen molar-refractivity contribution in [2.45, 2.75) is 18.9 Å². The molecule has 0 saturated heterocycles.